The van der Waals surface area contributed by atoms with Crippen LogP contribution in [0.3, 0.4) is 0 Å². The van der Waals surface area contributed by atoms with Crippen LogP contribution in [0.1, 0.15) is 19.2 Å². The SMILES string of the molecule is CCCc1nc2scc(-c3ccc(Cl)c(Cl)c3)c2c(=O)[nH]1. The molecule has 0 atom stereocenters. The maximum atomic E-state index is 12.3. The lowest BCUT2D eigenvalue weighted by Gasteiger charge is -2.03. The van der Waals surface area contributed by atoms with Crippen molar-refractivity contribution in [2.75, 3.05) is 0 Å². The van der Waals surface area contributed by atoms with Gasteiger partial charge in [0.15, 0.2) is 0 Å². The van der Waals surface area contributed by atoms with Crippen LogP contribution in [0.5, 0.6) is 0 Å². The molecular weight excluding hydrogens is 327 g/mol. The number of aromatic nitrogens is 2. The van der Waals surface area contributed by atoms with Crippen molar-refractivity contribution >= 4 is 44.8 Å². The van der Waals surface area contributed by atoms with Gasteiger partial charge in [-0.25, -0.2) is 4.98 Å². The summed E-state index contributed by atoms with van der Waals surface area (Å²) in [5.41, 5.74) is 1.60. The van der Waals surface area contributed by atoms with Crippen LogP contribution in [-0.2, 0) is 6.42 Å². The first-order chi connectivity index (χ1) is 10.1. The molecule has 21 heavy (non-hydrogen) atoms. The van der Waals surface area contributed by atoms with E-state index < -0.39 is 0 Å². The van der Waals surface area contributed by atoms with E-state index in [1.165, 1.54) is 11.3 Å². The molecule has 0 amide bonds. The number of benzene rings is 1. The lowest BCUT2D eigenvalue weighted by Crippen LogP contribution is -2.11. The molecule has 0 bridgehead atoms. The second kappa shape index (κ2) is 5.79. The third-order valence-electron chi connectivity index (χ3n) is 3.21. The van der Waals surface area contributed by atoms with Gasteiger partial charge in [-0.15, -0.1) is 11.3 Å². The molecule has 6 heteroatoms. The number of hydrogen-bond acceptors (Lipinski definition) is 3. The average Bonchev–Trinajstić information content (AvgIpc) is 2.87. The van der Waals surface area contributed by atoms with E-state index in [1.807, 2.05) is 11.4 Å². The first kappa shape index (κ1) is 14.6. The summed E-state index contributed by atoms with van der Waals surface area (Å²) in [6.45, 7) is 2.06. The number of fused-ring (bicyclic) bond motifs is 1. The van der Waals surface area contributed by atoms with Gasteiger partial charge in [-0.05, 0) is 24.1 Å². The van der Waals surface area contributed by atoms with Crippen LogP contribution in [0.15, 0.2) is 28.4 Å². The molecule has 2 heterocycles. The van der Waals surface area contributed by atoms with E-state index in [-0.39, 0.29) is 5.56 Å². The molecule has 108 valence electrons. The summed E-state index contributed by atoms with van der Waals surface area (Å²) in [5, 5.41) is 3.51. The molecule has 0 aliphatic carbocycles. The standard InChI is InChI=1S/C15H12Cl2N2OS/c1-2-3-12-18-14(20)13-9(7-21-15(13)19-12)8-4-5-10(16)11(17)6-8/h4-7H,2-3H2,1H3,(H,18,19,20). The van der Waals surface area contributed by atoms with E-state index in [1.54, 1.807) is 12.1 Å². The number of aryl methyl sites for hydroxylation is 1. The summed E-state index contributed by atoms with van der Waals surface area (Å²) >= 11 is 13.5. The summed E-state index contributed by atoms with van der Waals surface area (Å²) in [5.74, 6) is 0.734. The molecule has 0 saturated heterocycles. The number of rotatable bonds is 3. The highest BCUT2D eigenvalue weighted by atomic mass is 35.5. The van der Waals surface area contributed by atoms with Crippen molar-refractivity contribution < 1.29 is 0 Å². The number of aromatic amines is 1. The minimum atomic E-state index is -0.106. The van der Waals surface area contributed by atoms with E-state index in [4.69, 9.17) is 23.2 Å². The molecule has 0 aliphatic rings. The number of hydrogen-bond donors (Lipinski definition) is 1. The van der Waals surface area contributed by atoms with Crippen molar-refractivity contribution in [3.05, 3.63) is 49.8 Å². The van der Waals surface area contributed by atoms with Gasteiger partial charge >= 0.3 is 0 Å². The van der Waals surface area contributed by atoms with Crippen LogP contribution in [-0.4, -0.2) is 9.97 Å². The zero-order valence-electron chi connectivity index (χ0n) is 11.2. The Kier molecular flexibility index (Phi) is 4.02. The molecule has 2 aromatic heterocycles. The Hall–Kier alpha value is -1.36. The van der Waals surface area contributed by atoms with E-state index >= 15 is 0 Å². The molecule has 0 spiro atoms. The summed E-state index contributed by atoms with van der Waals surface area (Å²) in [7, 11) is 0. The third-order valence-corrected chi connectivity index (χ3v) is 4.82. The van der Waals surface area contributed by atoms with E-state index in [9.17, 15) is 4.79 Å². The second-order valence-electron chi connectivity index (χ2n) is 4.72. The van der Waals surface area contributed by atoms with Crippen LogP contribution in [0.25, 0.3) is 21.3 Å². The van der Waals surface area contributed by atoms with Crippen molar-refractivity contribution in [2.45, 2.75) is 19.8 Å². The molecule has 0 aliphatic heterocycles. The largest absolute Gasteiger partial charge is 0.310 e. The highest BCUT2D eigenvalue weighted by Gasteiger charge is 2.13. The smallest absolute Gasteiger partial charge is 0.260 e. The summed E-state index contributed by atoms with van der Waals surface area (Å²) in [6, 6.07) is 5.36. The summed E-state index contributed by atoms with van der Waals surface area (Å²) in [6.07, 6.45) is 1.71. The molecule has 3 rings (SSSR count). The van der Waals surface area contributed by atoms with Gasteiger partial charge in [0.25, 0.3) is 5.56 Å². The molecule has 0 unspecified atom stereocenters. The lowest BCUT2D eigenvalue weighted by atomic mass is 10.1. The van der Waals surface area contributed by atoms with Gasteiger partial charge in [0.2, 0.25) is 0 Å². The Morgan fingerprint density at radius 2 is 2.10 bits per heavy atom. The molecule has 0 saturated carbocycles. The third kappa shape index (κ3) is 2.71. The maximum absolute atomic E-state index is 12.3. The fourth-order valence-corrected chi connectivity index (χ4v) is 3.49. The van der Waals surface area contributed by atoms with E-state index in [0.717, 1.165) is 34.6 Å². The Morgan fingerprint density at radius 3 is 2.81 bits per heavy atom. The fraction of sp³-hybridized carbons (Fsp3) is 0.200. The van der Waals surface area contributed by atoms with Crippen LogP contribution in [0, 0.1) is 0 Å². The maximum Gasteiger partial charge on any atom is 0.260 e. The van der Waals surface area contributed by atoms with Crippen LogP contribution in [0.4, 0.5) is 0 Å². The van der Waals surface area contributed by atoms with Crippen LogP contribution in [0.2, 0.25) is 10.0 Å². The van der Waals surface area contributed by atoms with E-state index in [2.05, 4.69) is 16.9 Å². The van der Waals surface area contributed by atoms with Crippen molar-refractivity contribution in [2.24, 2.45) is 0 Å². The average molecular weight is 339 g/mol. The number of thiophene rings is 1. The van der Waals surface area contributed by atoms with E-state index in [0.29, 0.717) is 15.4 Å². The lowest BCUT2D eigenvalue weighted by molar-refractivity contribution is 0.838. The number of halogens is 2. The fourth-order valence-electron chi connectivity index (χ4n) is 2.22. The number of nitrogens with zero attached hydrogens (tertiary/aromatic N) is 1. The highest BCUT2D eigenvalue weighted by Crippen LogP contribution is 2.34. The Labute approximate surface area is 135 Å². The quantitative estimate of drug-likeness (QED) is 0.737. The van der Waals surface area contributed by atoms with Gasteiger partial charge < -0.3 is 4.98 Å². The predicted octanol–water partition coefficient (Wildman–Crippen LogP) is 4.91. The van der Waals surface area contributed by atoms with Gasteiger partial charge in [0.05, 0.1) is 15.4 Å². The molecule has 3 aromatic rings. The monoisotopic (exact) mass is 338 g/mol. The predicted molar refractivity (Wildman–Crippen MR) is 89.7 cm³/mol. The Balaban J connectivity index is 2.20. The highest BCUT2D eigenvalue weighted by molar-refractivity contribution is 7.17. The van der Waals surface area contributed by atoms with Gasteiger partial charge in [-0.3, -0.25) is 4.79 Å². The van der Waals surface area contributed by atoms with Gasteiger partial charge in [-0.1, -0.05) is 36.2 Å². The van der Waals surface area contributed by atoms with Crippen molar-refractivity contribution in [1.29, 1.82) is 0 Å². The Bertz CT molecular complexity index is 870. The first-order valence-electron chi connectivity index (χ1n) is 6.56. The zero-order chi connectivity index (χ0) is 15.0. The van der Waals surface area contributed by atoms with Gasteiger partial charge in [0, 0.05) is 17.4 Å². The summed E-state index contributed by atoms with van der Waals surface area (Å²) < 4.78 is 0. The summed E-state index contributed by atoms with van der Waals surface area (Å²) in [4.78, 5) is 20.5. The molecule has 0 fully saturated rings. The molecule has 0 radical (unpaired) electrons. The Morgan fingerprint density at radius 1 is 1.29 bits per heavy atom. The molecule has 1 aromatic carbocycles. The molecule has 1 N–H and O–H groups in total. The zero-order valence-corrected chi connectivity index (χ0v) is 13.6. The topological polar surface area (TPSA) is 45.8 Å². The van der Waals surface area contributed by atoms with Crippen molar-refractivity contribution in [3.63, 3.8) is 0 Å². The minimum absolute atomic E-state index is 0.106. The second-order valence-corrected chi connectivity index (χ2v) is 6.39. The minimum Gasteiger partial charge on any atom is -0.310 e. The number of nitrogens with one attached hydrogen (secondary N) is 1. The van der Waals surface area contributed by atoms with Crippen molar-refractivity contribution in [3.8, 4) is 11.1 Å². The molecule has 3 nitrogen and oxygen atoms in total. The van der Waals surface area contributed by atoms with Gasteiger partial charge in [-0.2, -0.15) is 0 Å². The number of H-pyrrole nitrogens is 1. The normalized spacial score (nSPS) is 11.2. The molecular formula is C15H12Cl2N2OS. The first-order valence-corrected chi connectivity index (χ1v) is 8.19. The van der Waals surface area contributed by atoms with Crippen LogP contribution < -0.4 is 5.56 Å². The van der Waals surface area contributed by atoms with Crippen molar-refractivity contribution in [1.82, 2.24) is 9.97 Å². The van der Waals surface area contributed by atoms with Crippen LogP contribution >= 0.6 is 34.5 Å². The van der Waals surface area contributed by atoms with Gasteiger partial charge in [0.1, 0.15) is 10.7 Å².